The lowest BCUT2D eigenvalue weighted by atomic mass is 9.93. The number of carbonyl (C=O) groups excluding carboxylic acids is 3. The third-order valence-corrected chi connectivity index (χ3v) is 7.37. The molecule has 0 aromatic heterocycles. The molecule has 1 aliphatic carbocycles. The second kappa shape index (κ2) is 18.1. The number of nitrogens with zero attached hydrogens (tertiary/aromatic N) is 1. The fourth-order valence-electron chi connectivity index (χ4n) is 4.76. The Bertz CT molecular complexity index is 1170. The molecule has 236 valence electrons. The van der Waals surface area contributed by atoms with Crippen LogP contribution >= 0.6 is 0 Å². The average molecular weight is 595 g/mol. The van der Waals surface area contributed by atoms with Crippen LogP contribution in [0, 0.1) is 5.92 Å². The van der Waals surface area contributed by atoms with Gasteiger partial charge in [-0.2, -0.15) is 0 Å². The van der Waals surface area contributed by atoms with Crippen LogP contribution < -0.4 is 16.0 Å². The molecule has 9 heteroatoms. The Morgan fingerprint density at radius 3 is 2.33 bits per heavy atom. The molecule has 0 bridgehead atoms. The van der Waals surface area contributed by atoms with Gasteiger partial charge in [-0.15, -0.1) is 0 Å². The predicted octanol–water partition coefficient (Wildman–Crippen LogP) is 3.43. The smallest absolute Gasteiger partial charge is 0.246 e. The number of ether oxygens (including phenoxy) is 1. The number of aryl methyl sites for hydroxylation is 1. The number of allylic oxidation sites excluding steroid dienone is 6. The third kappa shape index (κ3) is 11.8. The molecular formula is C34H50N4O5. The molecule has 3 amide bonds. The lowest BCUT2D eigenvalue weighted by Gasteiger charge is -2.38. The summed E-state index contributed by atoms with van der Waals surface area (Å²) >= 11 is 0. The number of hydrogen-bond acceptors (Lipinski definition) is 6. The molecule has 0 fully saturated rings. The molecule has 1 heterocycles. The monoisotopic (exact) mass is 594 g/mol. The topological polar surface area (TPSA) is 120 Å². The van der Waals surface area contributed by atoms with E-state index in [1.54, 1.807) is 0 Å². The summed E-state index contributed by atoms with van der Waals surface area (Å²) in [6, 6.07) is 8.70. The van der Waals surface area contributed by atoms with Crippen LogP contribution in [0.3, 0.4) is 0 Å². The lowest BCUT2D eigenvalue weighted by Crippen LogP contribution is -2.62. The van der Waals surface area contributed by atoms with Crippen LogP contribution in [0.4, 0.5) is 0 Å². The minimum Gasteiger partial charge on any atom is -0.492 e. The minimum absolute atomic E-state index is 0.0229. The Labute approximate surface area is 257 Å². The summed E-state index contributed by atoms with van der Waals surface area (Å²) in [5.74, 6) is -0.607. The van der Waals surface area contributed by atoms with E-state index in [4.69, 9.17) is 4.74 Å². The quantitative estimate of drug-likeness (QED) is 0.424. The molecular weight excluding hydrogens is 544 g/mol. The fraction of sp³-hybridized carbons (Fsp3) is 0.500. The summed E-state index contributed by atoms with van der Waals surface area (Å²) in [5, 5.41) is 19.3. The number of amides is 3. The predicted molar refractivity (Wildman–Crippen MR) is 171 cm³/mol. The number of benzene rings is 1. The Morgan fingerprint density at radius 2 is 1.70 bits per heavy atom. The third-order valence-electron chi connectivity index (χ3n) is 7.37. The lowest BCUT2D eigenvalue weighted by molar-refractivity contribution is -0.150. The van der Waals surface area contributed by atoms with E-state index >= 15 is 0 Å². The molecule has 0 spiro atoms. The van der Waals surface area contributed by atoms with Gasteiger partial charge >= 0.3 is 0 Å². The molecule has 3 atom stereocenters. The van der Waals surface area contributed by atoms with Crippen molar-refractivity contribution in [3.05, 3.63) is 83.7 Å². The highest BCUT2D eigenvalue weighted by atomic mass is 16.5. The van der Waals surface area contributed by atoms with Crippen molar-refractivity contribution >= 4 is 17.7 Å². The van der Waals surface area contributed by atoms with Gasteiger partial charge in [0.05, 0.1) is 18.2 Å². The van der Waals surface area contributed by atoms with Crippen molar-refractivity contribution in [3.63, 3.8) is 0 Å². The number of rotatable bonds is 4. The van der Waals surface area contributed by atoms with Gasteiger partial charge in [0.1, 0.15) is 18.4 Å². The number of nitrogens with one attached hydrogen (secondary N) is 3. The van der Waals surface area contributed by atoms with Crippen LogP contribution in [0.5, 0.6) is 0 Å². The molecule has 0 radical (unpaired) electrons. The standard InChI is InChI=1S/C26H40N4O5.C8H10/c1-6-18(2)22-25(33)30(5)23(26(3,4)34)24(32)29-17-21(31)27-14-10-12-19-11-8-7-9-13-20(19)35-16-15-28-22;1-2-8-6-4-3-5-7-8/h8-13,18,22-23,28,34H,6-7,14-17H2,1-5H3,(H,27,31)(H,29,32);3-7H,2H2,1H3/b12-10+;. The van der Waals surface area contributed by atoms with Crippen molar-refractivity contribution in [2.75, 3.05) is 33.3 Å². The first-order chi connectivity index (χ1) is 20.5. The van der Waals surface area contributed by atoms with Crippen molar-refractivity contribution in [2.24, 2.45) is 5.92 Å². The van der Waals surface area contributed by atoms with E-state index in [2.05, 4.69) is 47.1 Å². The Morgan fingerprint density at radius 1 is 1.02 bits per heavy atom. The van der Waals surface area contributed by atoms with Crippen molar-refractivity contribution in [1.82, 2.24) is 20.9 Å². The SMILES string of the molecule is CCC(C)C1NCCOC2=C(C=CCC=C2)/C=C/CNC(=O)CNC(=O)C(C(C)(C)O)N(C)C1=O.CCc1ccccc1. The summed E-state index contributed by atoms with van der Waals surface area (Å²) in [6.07, 6.45) is 14.3. The van der Waals surface area contributed by atoms with Crippen LogP contribution in [0.25, 0.3) is 0 Å². The molecule has 0 saturated heterocycles. The number of aliphatic hydroxyl groups is 1. The number of hydrogen-bond donors (Lipinski definition) is 4. The maximum atomic E-state index is 13.5. The second-order valence-electron chi connectivity index (χ2n) is 11.3. The largest absolute Gasteiger partial charge is 0.492 e. The molecule has 4 N–H and O–H groups in total. The maximum absolute atomic E-state index is 13.5. The van der Waals surface area contributed by atoms with E-state index in [1.165, 1.54) is 31.4 Å². The molecule has 0 saturated carbocycles. The van der Waals surface area contributed by atoms with Crippen molar-refractivity contribution < 1.29 is 24.2 Å². The van der Waals surface area contributed by atoms with Gasteiger partial charge in [0.15, 0.2) is 0 Å². The average Bonchev–Trinajstić information content (AvgIpc) is 3.22. The van der Waals surface area contributed by atoms with Crippen LogP contribution in [0.2, 0.25) is 0 Å². The number of carbonyl (C=O) groups is 3. The number of likely N-dealkylation sites (N-methyl/N-ethyl adjacent to an activating group) is 1. The molecule has 1 aromatic rings. The summed E-state index contributed by atoms with van der Waals surface area (Å²) in [6.45, 7) is 9.81. The minimum atomic E-state index is -1.53. The van der Waals surface area contributed by atoms with Gasteiger partial charge < -0.3 is 30.7 Å². The molecule has 2 aliphatic rings. The Hall–Kier alpha value is -3.69. The van der Waals surface area contributed by atoms with Gasteiger partial charge in [-0.1, -0.05) is 87.9 Å². The zero-order valence-electron chi connectivity index (χ0n) is 26.6. The first-order valence-corrected chi connectivity index (χ1v) is 15.2. The van der Waals surface area contributed by atoms with E-state index in [1.807, 2.05) is 56.4 Å². The van der Waals surface area contributed by atoms with E-state index in [9.17, 15) is 19.5 Å². The van der Waals surface area contributed by atoms with Crippen molar-refractivity contribution in [3.8, 4) is 0 Å². The van der Waals surface area contributed by atoms with Gasteiger partial charge in [0, 0.05) is 25.7 Å². The summed E-state index contributed by atoms with van der Waals surface area (Å²) < 4.78 is 6.02. The van der Waals surface area contributed by atoms with Crippen LogP contribution in [0.1, 0.15) is 53.0 Å². The van der Waals surface area contributed by atoms with E-state index in [0.717, 1.165) is 24.8 Å². The first-order valence-electron chi connectivity index (χ1n) is 15.2. The summed E-state index contributed by atoms with van der Waals surface area (Å²) in [5.41, 5.74) is 0.761. The molecule has 9 nitrogen and oxygen atoms in total. The van der Waals surface area contributed by atoms with Crippen LogP contribution in [-0.4, -0.2) is 78.7 Å². The van der Waals surface area contributed by atoms with Gasteiger partial charge in [-0.25, -0.2) is 0 Å². The first kappa shape index (κ1) is 35.5. The molecule has 3 unspecified atom stereocenters. The highest BCUT2D eigenvalue weighted by Crippen LogP contribution is 2.19. The zero-order chi connectivity index (χ0) is 31.8. The van der Waals surface area contributed by atoms with Crippen molar-refractivity contribution in [2.45, 2.75) is 71.6 Å². The van der Waals surface area contributed by atoms with Crippen LogP contribution in [0.15, 0.2) is 78.1 Å². The normalized spacial score (nSPS) is 22.4. The highest BCUT2D eigenvalue weighted by Gasteiger charge is 2.41. The highest BCUT2D eigenvalue weighted by molar-refractivity contribution is 5.92. The van der Waals surface area contributed by atoms with Crippen molar-refractivity contribution in [1.29, 1.82) is 0 Å². The van der Waals surface area contributed by atoms with E-state index in [0.29, 0.717) is 18.9 Å². The summed E-state index contributed by atoms with van der Waals surface area (Å²) in [4.78, 5) is 40.0. The van der Waals surface area contributed by atoms with Gasteiger partial charge in [-0.05, 0) is 44.2 Å². The van der Waals surface area contributed by atoms with Gasteiger partial charge in [0.2, 0.25) is 17.7 Å². The Kier molecular flexibility index (Phi) is 14.9. The Balaban J connectivity index is 0.000000694. The molecule has 1 aromatic carbocycles. The van der Waals surface area contributed by atoms with E-state index in [-0.39, 0.29) is 30.8 Å². The van der Waals surface area contributed by atoms with Crippen LogP contribution in [-0.2, 0) is 25.5 Å². The molecule has 1 aliphatic heterocycles. The molecule has 3 rings (SSSR count). The summed E-state index contributed by atoms with van der Waals surface area (Å²) in [7, 11) is 1.50. The fourth-order valence-corrected chi connectivity index (χ4v) is 4.76. The van der Waals surface area contributed by atoms with Gasteiger partial charge in [-0.3, -0.25) is 14.4 Å². The second-order valence-corrected chi connectivity index (χ2v) is 11.3. The molecule has 43 heavy (non-hydrogen) atoms. The zero-order valence-corrected chi connectivity index (χ0v) is 26.6. The van der Waals surface area contributed by atoms with E-state index < -0.39 is 23.6 Å². The maximum Gasteiger partial charge on any atom is 0.246 e. The van der Waals surface area contributed by atoms with Gasteiger partial charge in [0.25, 0.3) is 0 Å².